The molecule has 20 heavy (non-hydrogen) atoms. The van der Waals surface area contributed by atoms with Gasteiger partial charge in [-0.2, -0.15) is 0 Å². The summed E-state index contributed by atoms with van der Waals surface area (Å²) >= 11 is 1.68. The largest absolute Gasteiger partial charge is 0.330 e. The summed E-state index contributed by atoms with van der Waals surface area (Å²) in [6.45, 7) is 4.05. The number of pyridine rings is 1. The van der Waals surface area contributed by atoms with Gasteiger partial charge < -0.3 is 5.73 Å². The summed E-state index contributed by atoms with van der Waals surface area (Å²) in [4.78, 5) is 11.5. The van der Waals surface area contributed by atoms with Gasteiger partial charge in [-0.15, -0.1) is 11.3 Å². The number of thiazole rings is 1. The molecule has 1 saturated heterocycles. The average molecular weight is 288 g/mol. The second-order valence-electron chi connectivity index (χ2n) is 5.31. The Kier molecular flexibility index (Phi) is 4.40. The maximum atomic E-state index is 5.73. The fourth-order valence-electron chi connectivity index (χ4n) is 2.60. The van der Waals surface area contributed by atoms with E-state index in [0.29, 0.717) is 5.92 Å². The monoisotopic (exact) mass is 288 g/mol. The standard InChI is InChI=1S/C15H20N4S/c16-9-12-4-7-19(8-5-12)10-13-11-20-15(18-13)14-3-1-2-6-17-14/h1-3,6,11-12H,4-5,7-10,16H2. The number of aromatic nitrogens is 2. The first-order chi connectivity index (χ1) is 9.85. The lowest BCUT2D eigenvalue weighted by molar-refractivity contribution is 0.179. The van der Waals surface area contributed by atoms with Crippen molar-refractivity contribution in [2.24, 2.45) is 11.7 Å². The predicted octanol–water partition coefficient (Wildman–Crippen LogP) is 2.38. The van der Waals surface area contributed by atoms with Gasteiger partial charge in [-0.05, 0) is 50.5 Å². The molecule has 0 atom stereocenters. The van der Waals surface area contributed by atoms with E-state index in [9.17, 15) is 0 Å². The molecule has 106 valence electrons. The molecule has 5 heteroatoms. The molecule has 0 aromatic carbocycles. The average Bonchev–Trinajstić information content (AvgIpc) is 2.97. The van der Waals surface area contributed by atoms with Crippen LogP contribution in [0.3, 0.4) is 0 Å². The molecule has 2 N–H and O–H groups in total. The molecule has 0 unspecified atom stereocenters. The summed E-state index contributed by atoms with van der Waals surface area (Å²) in [6.07, 6.45) is 4.25. The predicted molar refractivity (Wildman–Crippen MR) is 82.4 cm³/mol. The minimum Gasteiger partial charge on any atom is -0.330 e. The first-order valence-electron chi connectivity index (χ1n) is 7.13. The molecule has 1 aliphatic heterocycles. The first kappa shape index (κ1) is 13.7. The van der Waals surface area contributed by atoms with Crippen molar-refractivity contribution in [1.29, 1.82) is 0 Å². The summed E-state index contributed by atoms with van der Waals surface area (Å²) in [5, 5.41) is 3.16. The maximum absolute atomic E-state index is 5.73. The minimum atomic E-state index is 0.714. The smallest absolute Gasteiger partial charge is 0.142 e. The minimum absolute atomic E-state index is 0.714. The van der Waals surface area contributed by atoms with Crippen molar-refractivity contribution in [2.45, 2.75) is 19.4 Å². The molecular weight excluding hydrogens is 268 g/mol. The van der Waals surface area contributed by atoms with Crippen LogP contribution >= 0.6 is 11.3 Å². The van der Waals surface area contributed by atoms with Crippen molar-refractivity contribution in [2.75, 3.05) is 19.6 Å². The third kappa shape index (κ3) is 3.23. The fraction of sp³-hybridized carbons (Fsp3) is 0.467. The van der Waals surface area contributed by atoms with Crippen LogP contribution in [-0.4, -0.2) is 34.5 Å². The van der Waals surface area contributed by atoms with Crippen molar-refractivity contribution in [3.8, 4) is 10.7 Å². The molecule has 1 aliphatic rings. The molecule has 2 aromatic rings. The molecule has 1 fully saturated rings. The molecule has 0 amide bonds. The molecule has 0 aliphatic carbocycles. The van der Waals surface area contributed by atoms with Crippen molar-refractivity contribution >= 4 is 11.3 Å². The zero-order chi connectivity index (χ0) is 13.8. The Morgan fingerprint density at radius 3 is 2.85 bits per heavy atom. The van der Waals surface area contributed by atoms with Crippen LogP contribution in [0.4, 0.5) is 0 Å². The van der Waals surface area contributed by atoms with Gasteiger partial charge in [-0.1, -0.05) is 6.07 Å². The second-order valence-corrected chi connectivity index (χ2v) is 6.17. The van der Waals surface area contributed by atoms with Gasteiger partial charge in [0.05, 0.1) is 11.4 Å². The highest BCUT2D eigenvalue weighted by Crippen LogP contribution is 2.23. The van der Waals surface area contributed by atoms with Crippen LogP contribution < -0.4 is 5.73 Å². The van der Waals surface area contributed by atoms with Crippen LogP contribution in [0.1, 0.15) is 18.5 Å². The zero-order valence-corrected chi connectivity index (χ0v) is 12.4. The van der Waals surface area contributed by atoms with E-state index in [0.717, 1.165) is 42.6 Å². The lowest BCUT2D eigenvalue weighted by Gasteiger charge is -2.30. The molecule has 3 heterocycles. The molecule has 3 rings (SSSR count). The Bertz CT molecular complexity index is 532. The van der Waals surface area contributed by atoms with E-state index in [4.69, 9.17) is 10.7 Å². The topological polar surface area (TPSA) is 55.0 Å². The third-order valence-corrected chi connectivity index (χ3v) is 4.78. The van der Waals surface area contributed by atoms with Gasteiger partial charge in [0, 0.05) is 18.1 Å². The van der Waals surface area contributed by atoms with E-state index in [2.05, 4.69) is 15.3 Å². The second kappa shape index (κ2) is 6.43. The SMILES string of the molecule is NCC1CCN(Cc2csc(-c3ccccn3)n2)CC1. The van der Waals surface area contributed by atoms with E-state index in [1.54, 1.807) is 11.3 Å². The summed E-state index contributed by atoms with van der Waals surface area (Å²) < 4.78 is 0. The Balaban J connectivity index is 1.61. The number of piperidine rings is 1. The summed E-state index contributed by atoms with van der Waals surface area (Å²) in [5.74, 6) is 0.714. The van der Waals surface area contributed by atoms with E-state index in [1.165, 1.54) is 12.8 Å². The van der Waals surface area contributed by atoms with Gasteiger partial charge in [-0.25, -0.2) is 4.98 Å². The van der Waals surface area contributed by atoms with Crippen molar-refractivity contribution in [3.05, 3.63) is 35.5 Å². The van der Waals surface area contributed by atoms with Gasteiger partial charge >= 0.3 is 0 Å². The van der Waals surface area contributed by atoms with Crippen molar-refractivity contribution < 1.29 is 0 Å². The Hall–Kier alpha value is -1.30. The van der Waals surface area contributed by atoms with Crippen molar-refractivity contribution in [1.82, 2.24) is 14.9 Å². The highest BCUT2D eigenvalue weighted by atomic mass is 32.1. The number of hydrogen-bond acceptors (Lipinski definition) is 5. The van der Waals surface area contributed by atoms with Crippen LogP contribution in [-0.2, 0) is 6.54 Å². The molecule has 2 aromatic heterocycles. The first-order valence-corrected chi connectivity index (χ1v) is 8.01. The highest BCUT2D eigenvalue weighted by Gasteiger charge is 2.18. The van der Waals surface area contributed by atoms with Crippen LogP contribution in [0.15, 0.2) is 29.8 Å². The summed E-state index contributed by atoms with van der Waals surface area (Å²) in [6, 6.07) is 5.94. The van der Waals surface area contributed by atoms with E-state index < -0.39 is 0 Å². The normalized spacial score (nSPS) is 17.4. The number of rotatable bonds is 4. The molecule has 0 radical (unpaired) electrons. The lowest BCUT2D eigenvalue weighted by atomic mass is 9.97. The fourth-order valence-corrected chi connectivity index (χ4v) is 3.38. The third-order valence-electron chi connectivity index (χ3n) is 3.86. The van der Waals surface area contributed by atoms with Gasteiger partial charge in [0.1, 0.15) is 5.01 Å². The Morgan fingerprint density at radius 1 is 1.30 bits per heavy atom. The van der Waals surface area contributed by atoms with Crippen LogP contribution in [0, 0.1) is 5.92 Å². The number of nitrogens with zero attached hydrogens (tertiary/aromatic N) is 3. The van der Waals surface area contributed by atoms with E-state index >= 15 is 0 Å². The number of hydrogen-bond donors (Lipinski definition) is 1. The van der Waals surface area contributed by atoms with Gasteiger partial charge in [0.15, 0.2) is 0 Å². The number of nitrogens with two attached hydrogens (primary N) is 1. The zero-order valence-electron chi connectivity index (χ0n) is 11.5. The maximum Gasteiger partial charge on any atom is 0.142 e. The Morgan fingerprint density at radius 2 is 2.15 bits per heavy atom. The summed E-state index contributed by atoms with van der Waals surface area (Å²) in [5.41, 5.74) is 7.85. The Labute approximate surface area is 123 Å². The van der Waals surface area contributed by atoms with Gasteiger partial charge in [-0.3, -0.25) is 9.88 Å². The van der Waals surface area contributed by atoms with E-state index in [1.807, 2.05) is 24.4 Å². The highest BCUT2D eigenvalue weighted by molar-refractivity contribution is 7.13. The van der Waals surface area contributed by atoms with Crippen LogP contribution in [0.2, 0.25) is 0 Å². The van der Waals surface area contributed by atoms with Crippen molar-refractivity contribution in [3.63, 3.8) is 0 Å². The van der Waals surface area contributed by atoms with Gasteiger partial charge in [0.2, 0.25) is 0 Å². The number of likely N-dealkylation sites (tertiary alicyclic amines) is 1. The molecule has 0 bridgehead atoms. The molecule has 0 saturated carbocycles. The lowest BCUT2D eigenvalue weighted by Crippen LogP contribution is -2.35. The molecule has 4 nitrogen and oxygen atoms in total. The van der Waals surface area contributed by atoms with Crippen LogP contribution in [0.5, 0.6) is 0 Å². The van der Waals surface area contributed by atoms with E-state index in [-0.39, 0.29) is 0 Å². The molecule has 0 spiro atoms. The molecular formula is C15H20N4S. The van der Waals surface area contributed by atoms with Crippen LogP contribution in [0.25, 0.3) is 10.7 Å². The quantitative estimate of drug-likeness (QED) is 0.938. The summed E-state index contributed by atoms with van der Waals surface area (Å²) in [7, 11) is 0. The van der Waals surface area contributed by atoms with Gasteiger partial charge in [0.25, 0.3) is 0 Å².